The summed E-state index contributed by atoms with van der Waals surface area (Å²) in [5.41, 5.74) is 1.000. The van der Waals surface area contributed by atoms with Crippen LogP contribution in [0.15, 0.2) is 23.4 Å². The maximum absolute atomic E-state index is 13.1. The van der Waals surface area contributed by atoms with Crippen molar-refractivity contribution in [3.05, 3.63) is 23.9 Å². The number of pyridine rings is 1. The first-order valence-corrected chi connectivity index (χ1v) is 7.94. The normalized spacial score (nSPS) is 21.3. The molecular formula is C15H23ClFN3OS. The predicted octanol–water partition coefficient (Wildman–Crippen LogP) is 2.71. The molecule has 22 heavy (non-hydrogen) atoms. The summed E-state index contributed by atoms with van der Waals surface area (Å²) in [5, 5.41) is 6.67. The van der Waals surface area contributed by atoms with Gasteiger partial charge >= 0.3 is 0 Å². The van der Waals surface area contributed by atoms with Gasteiger partial charge in [0.2, 0.25) is 5.91 Å². The lowest BCUT2D eigenvalue weighted by Crippen LogP contribution is -2.40. The Labute approximate surface area is 141 Å². The lowest BCUT2D eigenvalue weighted by Gasteiger charge is -2.17. The molecule has 0 aliphatic carbocycles. The van der Waals surface area contributed by atoms with Crippen LogP contribution in [-0.2, 0) is 11.3 Å². The quantitative estimate of drug-likeness (QED) is 0.822. The topological polar surface area (TPSA) is 54.0 Å². The van der Waals surface area contributed by atoms with Gasteiger partial charge in [0.05, 0.1) is 11.1 Å². The number of hydrogen-bond acceptors (Lipinski definition) is 4. The first-order valence-electron chi connectivity index (χ1n) is 7.12. The molecule has 1 fully saturated rings. The molecule has 1 amide bonds. The standard InChI is InChI=1S/C15H22FN3OS.ClH/c1-15(2,3)21-13-6-10(4-5-17-13)8-19-14(20)12-7-11(16)9-18-12;/h4-6,11-12,18H,7-9H2,1-3H3,(H,19,20);1H/t11-,12+;/m0./s1. The smallest absolute Gasteiger partial charge is 0.237 e. The summed E-state index contributed by atoms with van der Waals surface area (Å²) in [6.07, 6.45) is 1.09. The van der Waals surface area contributed by atoms with Crippen molar-refractivity contribution >= 4 is 30.1 Å². The Morgan fingerprint density at radius 3 is 2.86 bits per heavy atom. The van der Waals surface area contributed by atoms with Crippen molar-refractivity contribution in [3.8, 4) is 0 Å². The summed E-state index contributed by atoms with van der Waals surface area (Å²) in [6, 6.07) is 3.45. The molecule has 0 saturated carbocycles. The summed E-state index contributed by atoms with van der Waals surface area (Å²) < 4.78 is 13.2. The fraction of sp³-hybridized carbons (Fsp3) is 0.600. The zero-order valence-corrected chi connectivity index (χ0v) is 14.7. The van der Waals surface area contributed by atoms with E-state index in [1.807, 2.05) is 12.1 Å². The Kier molecular flexibility index (Phi) is 7.09. The van der Waals surface area contributed by atoms with E-state index in [9.17, 15) is 9.18 Å². The van der Waals surface area contributed by atoms with Gasteiger partial charge in [-0.25, -0.2) is 9.37 Å². The Morgan fingerprint density at radius 1 is 1.55 bits per heavy atom. The van der Waals surface area contributed by atoms with Crippen LogP contribution in [0.4, 0.5) is 4.39 Å². The number of hydrogen-bond donors (Lipinski definition) is 2. The van der Waals surface area contributed by atoms with Crippen molar-refractivity contribution in [2.24, 2.45) is 0 Å². The Hall–Kier alpha value is -0.850. The van der Waals surface area contributed by atoms with E-state index in [1.54, 1.807) is 18.0 Å². The highest BCUT2D eigenvalue weighted by Crippen LogP contribution is 2.30. The van der Waals surface area contributed by atoms with Crippen molar-refractivity contribution in [3.63, 3.8) is 0 Å². The fourth-order valence-electron chi connectivity index (χ4n) is 2.13. The van der Waals surface area contributed by atoms with Gasteiger partial charge in [0.25, 0.3) is 0 Å². The zero-order chi connectivity index (χ0) is 15.5. The molecule has 2 N–H and O–H groups in total. The minimum atomic E-state index is -0.920. The molecular weight excluding hydrogens is 325 g/mol. The SMILES string of the molecule is CC(C)(C)Sc1cc(CNC(=O)[C@H]2C[C@H](F)CN2)ccn1.Cl. The van der Waals surface area contributed by atoms with E-state index in [1.165, 1.54) is 0 Å². The Balaban J connectivity index is 0.00000242. The molecule has 0 radical (unpaired) electrons. The average molecular weight is 348 g/mol. The summed E-state index contributed by atoms with van der Waals surface area (Å²) in [7, 11) is 0. The molecule has 0 unspecified atom stereocenters. The van der Waals surface area contributed by atoms with Crippen LogP contribution < -0.4 is 10.6 Å². The van der Waals surface area contributed by atoms with Crippen molar-refractivity contribution in [1.29, 1.82) is 0 Å². The van der Waals surface area contributed by atoms with Crippen molar-refractivity contribution in [1.82, 2.24) is 15.6 Å². The number of nitrogens with zero attached hydrogens (tertiary/aromatic N) is 1. The minimum Gasteiger partial charge on any atom is -0.351 e. The van der Waals surface area contributed by atoms with E-state index in [4.69, 9.17) is 0 Å². The maximum atomic E-state index is 13.1. The van der Waals surface area contributed by atoms with Crippen LogP contribution in [-0.4, -0.2) is 34.4 Å². The molecule has 1 aliphatic heterocycles. The molecule has 1 saturated heterocycles. The van der Waals surface area contributed by atoms with Crippen LogP contribution in [0.1, 0.15) is 32.8 Å². The van der Waals surface area contributed by atoms with E-state index in [0.717, 1.165) is 10.6 Å². The van der Waals surface area contributed by atoms with Crippen LogP contribution in [0.25, 0.3) is 0 Å². The molecule has 0 aromatic carbocycles. The van der Waals surface area contributed by atoms with Gasteiger partial charge in [0.15, 0.2) is 0 Å². The van der Waals surface area contributed by atoms with Gasteiger partial charge in [-0.1, -0.05) is 20.8 Å². The molecule has 124 valence electrons. The number of nitrogens with one attached hydrogen (secondary N) is 2. The second-order valence-electron chi connectivity index (χ2n) is 6.23. The van der Waals surface area contributed by atoms with Crippen molar-refractivity contribution < 1.29 is 9.18 Å². The maximum Gasteiger partial charge on any atom is 0.237 e. The summed E-state index contributed by atoms with van der Waals surface area (Å²) in [6.45, 7) is 7.10. The highest BCUT2D eigenvalue weighted by molar-refractivity contribution is 8.00. The van der Waals surface area contributed by atoms with E-state index < -0.39 is 12.2 Å². The van der Waals surface area contributed by atoms with Crippen molar-refractivity contribution in [2.75, 3.05) is 6.54 Å². The van der Waals surface area contributed by atoms with Crippen LogP contribution in [0.2, 0.25) is 0 Å². The first-order chi connectivity index (χ1) is 9.83. The van der Waals surface area contributed by atoms with E-state index in [0.29, 0.717) is 6.54 Å². The predicted molar refractivity (Wildman–Crippen MR) is 90.2 cm³/mol. The third-order valence-electron chi connectivity index (χ3n) is 3.07. The summed E-state index contributed by atoms with van der Waals surface area (Å²) in [5.74, 6) is -0.142. The first kappa shape index (κ1) is 19.2. The number of halogens is 2. The van der Waals surface area contributed by atoms with E-state index in [-0.39, 0.29) is 36.0 Å². The van der Waals surface area contributed by atoms with Crippen LogP contribution in [0, 0.1) is 0 Å². The molecule has 4 nitrogen and oxygen atoms in total. The Morgan fingerprint density at radius 2 is 2.27 bits per heavy atom. The Bertz CT molecular complexity index is 510. The molecule has 0 bridgehead atoms. The molecule has 1 aromatic rings. The monoisotopic (exact) mass is 347 g/mol. The number of alkyl halides is 1. The number of rotatable bonds is 4. The summed E-state index contributed by atoms with van der Waals surface area (Å²) >= 11 is 1.69. The molecule has 2 atom stereocenters. The van der Waals surface area contributed by atoms with Crippen molar-refractivity contribution in [2.45, 2.75) is 55.7 Å². The van der Waals surface area contributed by atoms with Gasteiger partial charge in [0.1, 0.15) is 6.17 Å². The van der Waals surface area contributed by atoms with Gasteiger partial charge in [-0.05, 0) is 17.7 Å². The van der Waals surface area contributed by atoms with Gasteiger partial charge < -0.3 is 10.6 Å². The third kappa shape index (κ3) is 6.10. The molecule has 2 heterocycles. The van der Waals surface area contributed by atoms with Crippen LogP contribution in [0.3, 0.4) is 0 Å². The molecule has 1 aliphatic rings. The lowest BCUT2D eigenvalue weighted by molar-refractivity contribution is -0.123. The number of thioether (sulfide) groups is 1. The zero-order valence-electron chi connectivity index (χ0n) is 13.1. The van der Waals surface area contributed by atoms with Gasteiger partial charge in [-0.2, -0.15) is 0 Å². The molecule has 1 aromatic heterocycles. The van der Waals surface area contributed by atoms with Gasteiger partial charge in [-0.3, -0.25) is 4.79 Å². The molecule has 2 rings (SSSR count). The van der Waals surface area contributed by atoms with Crippen LogP contribution in [0.5, 0.6) is 0 Å². The number of amides is 1. The number of carbonyl (C=O) groups is 1. The molecule has 0 spiro atoms. The second-order valence-corrected chi connectivity index (χ2v) is 8.08. The van der Waals surface area contributed by atoms with Crippen LogP contribution >= 0.6 is 24.2 Å². The summed E-state index contributed by atoms with van der Waals surface area (Å²) in [4.78, 5) is 16.2. The van der Waals surface area contributed by atoms with Gasteiger partial charge in [0, 0.05) is 30.5 Å². The van der Waals surface area contributed by atoms with Gasteiger partial charge in [-0.15, -0.1) is 24.2 Å². The largest absolute Gasteiger partial charge is 0.351 e. The average Bonchev–Trinajstić information content (AvgIpc) is 2.81. The second kappa shape index (κ2) is 8.13. The van der Waals surface area contributed by atoms with E-state index in [2.05, 4.69) is 36.4 Å². The highest BCUT2D eigenvalue weighted by Gasteiger charge is 2.28. The number of carbonyl (C=O) groups excluding carboxylic acids is 1. The highest BCUT2D eigenvalue weighted by atomic mass is 35.5. The lowest BCUT2D eigenvalue weighted by atomic mass is 10.2. The third-order valence-corrected chi connectivity index (χ3v) is 4.12. The number of aromatic nitrogens is 1. The fourth-order valence-corrected chi connectivity index (χ4v) is 3.09. The molecule has 7 heteroatoms. The van der Waals surface area contributed by atoms with E-state index >= 15 is 0 Å². The minimum absolute atomic E-state index is 0.